The minimum absolute atomic E-state index is 0.0980. The van der Waals surface area contributed by atoms with Gasteiger partial charge in [0, 0.05) is 7.11 Å². The van der Waals surface area contributed by atoms with Crippen molar-refractivity contribution in [3.63, 3.8) is 0 Å². The predicted molar refractivity (Wildman–Crippen MR) is 77.2 cm³/mol. The van der Waals surface area contributed by atoms with Crippen molar-refractivity contribution >= 4 is 12.2 Å². The summed E-state index contributed by atoms with van der Waals surface area (Å²) in [4.78, 5) is 0. The van der Waals surface area contributed by atoms with Crippen molar-refractivity contribution in [2.24, 2.45) is 0 Å². The van der Waals surface area contributed by atoms with Gasteiger partial charge >= 0.3 is 0 Å². The number of methoxy groups -OCH3 is 1. The van der Waals surface area contributed by atoms with Crippen LogP contribution >= 0.6 is 0 Å². The lowest BCUT2D eigenvalue weighted by molar-refractivity contribution is 0.0208. The largest absolute Gasteiger partial charge is 0.475 e. The van der Waals surface area contributed by atoms with E-state index in [0.29, 0.717) is 0 Å². The van der Waals surface area contributed by atoms with Crippen LogP contribution in [0.25, 0.3) is 12.2 Å². The first-order valence-corrected chi connectivity index (χ1v) is 6.03. The van der Waals surface area contributed by atoms with E-state index in [4.69, 9.17) is 9.47 Å². The van der Waals surface area contributed by atoms with E-state index in [1.54, 1.807) is 13.4 Å². The van der Waals surface area contributed by atoms with E-state index in [2.05, 4.69) is 45.5 Å². The Kier molecular flexibility index (Phi) is 5.17. The molecule has 0 radical (unpaired) electrons. The molecule has 18 heavy (non-hydrogen) atoms. The maximum Gasteiger partial charge on any atom is 0.187 e. The summed E-state index contributed by atoms with van der Waals surface area (Å²) >= 11 is 0. The van der Waals surface area contributed by atoms with Crippen molar-refractivity contribution < 1.29 is 9.47 Å². The summed E-state index contributed by atoms with van der Waals surface area (Å²) in [6, 6.07) is 6.26. The highest BCUT2D eigenvalue weighted by molar-refractivity contribution is 5.67. The van der Waals surface area contributed by atoms with Crippen molar-refractivity contribution in [1.29, 1.82) is 0 Å². The van der Waals surface area contributed by atoms with E-state index < -0.39 is 0 Å². The van der Waals surface area contributed by atoms with Crippen LogP contribution in [0.2, 0.25) is 0 Å². The Balaban J connectivity index is 3.06. The molecular weight excluding hydrogens is 224 g/mol. The summed E-state index contributed by atoms with van der Waals surface area (Å²) in [5.41, 5.74) is 3.64. The molecule has 0 N–H and O–H groups in total. The zero-order valence-electron chi connectivity index (χ0n) is 11.7. The van der Waals surface area contributed by atoms with Gasteiger partial charge in [-0.15, -0.1) is 0 Å². The summed E-state index contributed by atoms with van der Waals surface area (Å²) in [6.07, 6.45) is 5.49. The Morgan fingerprint density at radius 3 is 2.56 bits per heavy atom. The average molecular weight is 246 g/mol. The van der Waals surface area contributed by atoms with Crippen molar-refractivity contribution in [2.45, 2.75) is 26.2 Å². The van der Waals surface area contributed by atoms with Gasteiger partial charge in [0.1, 0.15) is 0 Å². The van der Waals surface area contributed by atoms with Crippen molar-refractivity contribution in [2.75, 3.05) is 13.9 Å². The van der Waals surface area contributed by atoms with Gasteiger partial charge in [-0.2, -0.15) is 0 Å². The second-order valence-electron chi connectivity index (χ2n) is 5.14. The fourth-order valence-corrected chi connectivity index (χ4v) is 1.84. The Morgan fingerprint density at radius 2 is 2.00 bits per heavy atom. The first kappa shape index (κ1) is 14.5. The van der Waals surface area contributed by atoms with E-state index >= 15 is 0 Å². The van der Waals surface area contributed by atoms with Gasteiger partial charge in [-0.25, -0.2) is 0 Å². The molecule has 0 heterocycles. The van der Waals surface area contributed by atoms with E-state index in [0.717, 1.165) is 11.1 Å². The molecular formula is C16H22O2. The van der Waals surface area contributed by atoms with E-state index in [1.165, 1.54) is 5.56 Å². The van der Waals surface area contributed by atoms with Gasteiger partial charge in [0.15, 0.2) is 6.79 Å². The Labute approximate surface area is 110 Å². The SMILES string of the molecule is C=Cc1c(/C=C/OCOC)cccc1C(C)(C)C. The summed E-state index contributed by atoms with van der Waals surface area (Å²) in [6.45, 7) is 10.8. The molecule has 2 heteroatoms. The number of hydrogen-bond donors (Lipinski definition) is 0. The third-order valence-electron chi connectivity index (χ3n) is 2.68. The van der Waals surface area contributed by atoms with Crippen LogP contribution in [0.1, 0.15) is 37.5 Å². The molecule has 0 spiro atoms. The first-order valence-electron chi connectivity index (χ1n) is 6.03. The van der Waals surface area contributed by atoms with Crippen LogP contribution in [0.4, 0.5) is 0 Å². The molecule has 0 unspecified atom stereocenters. The van der Waals surface area contributed by atoms with Crippen LogP contribution in [0.15, 0.2) is 31.0 Å². The zero-order valence-corrected chi connectivity index (χ0v) is 11.7. The lowest BCUT2D eigenvalue weighted by Gasteiger charge is -2.22. The second-order valence-corrected chi connectivity index (χ2v) is 5.14. The molecule has 0 aliphatic carbocycles. The Morgan fingerprint density at radius 1 is 1.28 bits per heavy atom. The second kappa shape index (κ2) is 6.41. The minimum atomic E-state index is 0.0980. The van der Waals surface area contributed by atoms with Gasteiger partial charge in [0.2, 0.25) is 0 Å². The monoisotopic (exact) mass is 246 g/mol. The van der Waals surface area contributed by atoms with Crippen LogP contribution < -0.4 is 0 Å². The molecule has 0 atom stereocenters. The van der Waals surface area contributed by atoms with Gasteiger partial charge in [-0.1, -0.05) is 51.6 Å². The molecule has 0 saturated carbocycles. The number of rotatable bonds is 5. The maximum atomic E-state index is 5.17. The highest BCUT2D eigenvalue weighted by Crippen LogP contribution is 2.29. The van der Waals surface area contributed by atoms with Crippen molar-refractivity contribution in [3.8, 4) is 0 Å². The summed E-state index contributed by atoms with van der Waals surface area (Å²) in [5.74, 6) is 0. The maximum absolute atomic E-state index is 5.17. The minimum Gasteiger partial charge on any atom is -0.475 e. The fourth-order valence-electron chi connectivity index (χ4n) is 1.84. The molecule has 0 bridgehead atoms. The van der Waals surface area contributed by atoms with Crippen LogP contribution in [-0.2, 0) is 14.9 Å². The van der Waals surface area contributed by atoms with Gasteiger partial charge < -0.3 is 9.47 Å². The van der Waals surface area contributed by atoms with Gasteiger partial charge in [0.05, 0.1) is 6.26 Å². The summed E-state index contributed by atoms with van der Waals surface area (Å²) in [7, 11) is 1.60. The average Bonchev–Trinajstić information content (AvgIpc) is 2.33. The van der Waals surface area contributed by atoms with Crippen LogP contribution in [-0.4, -0.2) is 13.9 Å². The Hall–Kier alpha value is -1.54. The third-order valence-corrected chi connectivity index (χ3v) is 2.68. The molecule has 0 amide bonds. The molecule has 1 rings (SSSR count). The normalized spacial score (nSPS) is 11.8. The topological polar surface area (TPSA) is 18.5 Å². The van der Waals surface area contributed by atoms with Crippen LogP contribution in [0, 0.1) is 0 Å². The number of benzene rings is 1. The van der Waals surface area contributed by atoms with E-state index in [9.17, 15) is 0 Å². The van der Waals surface area contributed by atoms with E-state index in [1.807, 2.05) is 12.2 Å². The molecule has 0 aliphatic heterocycles. The Bertz CT molecular complexity index is 425. The summed E-state index contributed by atoms with van der Waals surface area (Å²) in [5, 5.41) is 0. The first-order chi connectivity index (χ1) is 8.50. The molecule has 0 saturated heterocycles. The molecule has 0 aliphatic rings. The van der Waals surface area contributed by atoms with Gasteiger partial charge in [-0.3, -0.25) is 0 Å². The van der Waals surface area contributed by atoms with Gasteiger partial charge in [-0.05, 0) is 28.2 Å². The lowest BCUT2D eigenvalue weighted by atomic mass is 9.82. The number of ether oxygens (including phenoxy) is 2. The zero-order chi connectivity index (χ0) is 13.6. The molecule has 0 fully saturated rings. The van der Waals surface area contributed by atoms with Gasteiger partial charge in [0.25, 0.3) is 0 Å². The predicted octanol–water partition coefficient (Wildman–Crippen LogP) is 4.22. The quantitative estimate of drug-likeness (QED) is 0.440. The third kappa shape index (κ3) is 3.74. The highest BCUT2D eigenvalue weighted by Gasteiger charge is 2.17. The van der Waals surface area contributed by atoms with E-state index in [-0.39, 0.29) is 12.2 Å². The standard InChI is InChI=1S/C16H22O2/c1-6-14-13(10-11-18-12-17-5)8-7-9-15(14)16(2,3)4/h6-11H,1,12H2,2-5H3/b11-10+. The smallest absolute Gasteiger partial charge is 0.187 e. The molecule has 1 aromatic carbocycles. The molecule has 1 aromatic rings. The lowest BCUT2D eigenvalue weighted by Crippen LogP contribution is -2.13. The highest BCUT2D eigenvalue weighted by atomic mass is 16.7. The fraction of sp³-hybridized carbons (Fsp3) is 0.375. The van der Waals surface area contributed by atoms with Crippen LogP contribution in [0.3, 0.4) is 0 Å². The van der Waals surface area contributed by atoms with Crippen LogP contribution in [0.5, 0.6) is 0 Å². The molecule has 0 aromatic heterocycles. The molecule has 98 valence electrons. The molecule has 2 nitrogen and oxygen atoms in total. The summed E-state index contributed by atoms with van der Waals surface area (Å²) < 4.78 is 10.00. The number of hydrogen-bond acceptors (Lipinski definition) is 2. The van der Waals surface area contributed by atoms with Crippen molar-refractivity contribution in [1.82, 2.24) is 0 Å². The van der Waals surface area contributed by atoms with Crippen molar-refractivity contribution in [3.05, 3.63) is 47.7 Å².